The molecule has 3 aromatic carbocycles. The highest BCUT2D eigenvalue weighted by atomic mass is 16.6. The van der Waals surface area contributed by atoms with Crippen LogP contribution in [-0.2, 0) is 0 Å². The summed E-state index contributed by atoms with van der Waals surface area (Å²) in [5.74, 6) is 0.534. The lowest BCUT2D eigenvalue weighted by Gasteiger charge is -2.05. The largest absolute Gasteiger partial charge is 0.497 e. The topological polar surface area (TPSA) is 182 Å². The van der Waals surface area contributed by atoms with Crippen molar-refractivity contribution in [3.05, 3.63) is 106 Å². The van der Waals surface area contributed by atoms with Gasteiger partial charge >= 0.3 is 0 Å². The highest BCUT2D eigenvalue weighted by molar-refractivity contribution is 6.12. The zero-order valence-electron chi connectivity index (χ0n) is 17.2. The second kappa shape index (κ2) is 8.05. The zero-order valence-corrected chi connectivity index (χ0v) is 17.2. The van der Waals surface area contributed by atoms with Crippen LogP contribution in [0.2, 0.25) is 0 Å². The first kappa shape index (κ1) is 22.0. The van der Waals surface area contributed by atoms with Gasteiger partial charge in [0.25, 0.3) is 22.7 Å². The Bertz CT molecular complexity index is 1360. The van der Waals surface area contributed by atoms with Gasteiger partial charge in [0.05, 0.1) is 50.1 Å². The number of non-ortho nitro benzene ring substituents is 2. The van der Waals surface area contributed by atoms with Gasteiger partial charge < -0.3 is 4.74 Å². The van der Waals surface area contributed by atoms with Crippen LogP contribution in [0.25, 0.3) is 22.8 Å². The molecule has 0 spiro atoms. The third-order valence-electron chi connectivity index (χ3n) is 5.28. The highest BCUT2D eigenvalue weighted by Gasteiger charge is 2.40. The smallest absolute Gasteiger partial charge is 0.284 e. The monoisotopic (exact) mass is 464 g/mol. The van der Waals surface area contributed by atoms with Gasteiger partial charge in [0.2, 0.25) is 0 Å². The second-order valence-electron chi connectivity index (χ2n) is 7.13. The summed E-state index contributed by atoms with van der Waals surface area (Å²) in [5.41, 5.74) is -2.45. The van der Waals surface area contributed by atoms with Gasteiger partial charge in [-0.25, -0.2) is 0 Å². The average molecular weight is 464 g/mol. The number of methoxy groups -OCH3 is 1. The molecule has 0 atom stereocenters. The summed E-state index contributed by atoms with van der Waals surface area (Å²) in [7, 11) is 1.47. The third-order valence-corrected chi connectivity index (χ3v) is 5.28. The lowest BCUT2D eigenvalue weighted by molar-refractivity contribution is -0.395. The van der Waals surface area contributed by atoms with Crippen molar-refractivity contribution >= 4 is 34.4 Å². The van der Waals surface area contributed by atoms with Gasteiger partial charge in [0.1, 0.15) is 5.75 Å². The Morgan fingerprint density at radius 1 is 0.676 bits per heavy atom. The van der Waals surface area contributed by atoms with Crippen molar-refractivity contribution in [1.82, 2.24) is 0 Å². The molecule has 0 aliphatic heterocycles. The Hall–Kier alpha value is -5.20. The van der Waals surface area contributed by atoms with E-state index in [4.69, 9.17) is 4.74 Å². The molecule has 170 valence electrons. The Morgan fingerprint density at radius 2 is 1.12 bits per heavy atom. The fraction of sp³-hybridized carbons (Fsp3) is 0.0476. The third kappa shape index (κ3) is 3.56. The summed E-state index contributed by atoms with van der Waals surface area (Å²) < 4.78 is 5.10. The molecule has 0 bridgehead atoms. The van der Waals surface area contributed by atoms with E-state index in [0.717, 1.165) is 12.1 Å². The zero-order chi connectivity index (χ0) is 24.7. The number of fused-ring (bicyclic) bond motifs is 3. The number of nitro benzene ring substituents is 4. The Labute approximate surface area is 189 Å². The van der Waals surface area contributed by atoms with Crippen LogP contribution in [0, 0.1) is 40.5 Å². The molecule has 0 saturated carbocycles. The van der Waals surface area contributed by atoms with Crippen molar-refractivity contribution in [2.75, 3.05) is 7.11 Å². The van der Waals surface area contributed by atoms with Crippen molar-refractivity contribution in [3.8, 4) is 16.9 Å². The molecule has 34 heavy (non-hydrogen) atoms. The Morgan fingerprint density at radius 3 is 1.47 bits per heavy atom. The predicted octanol–water partition coefficient (Wildman–Crippen LogP) is 4.90. The lowest BCUT2D eigenvalue weighted by Crippen LogP contribution is -1.99. The van der Waals surface area contributed by atoms with Crippen LogP contribution < -0.4 is 4.74 Å². The van der Waals surface area contributed by atoms with Gasteiger partial charge in [-0.2, -0.15) is 0 Å². The van der Waals surface area contributed by atoms with Gasteiger partial charge in [-0.3, -0.25) is 40.5 Å². The molecule has 0 heterocycles. The maximum atomic E-state index is 11.8. The molecule has 0 unspecified atom stereocenters. The Balaban J connectivity index is 2.15. The molecule has 1 aliphatic rings. The quantitative estimate of drug-likeness (QED) is 0.283. The van der Waals surface area contributed by atoms with Crippen molar-refractivity contribution < 1.29 is 24.4 Å². The number of ether oxygens (including phenoxy) is 1. The van der Waals surface area contributed by atoms with E-state index >= 15 is 0 Å². The van der Waals surface area contributed by atoms with Gasteiger partial charge in [-0.1, -0.05) is 12.1 Å². The number of rotatable bonds is 6. The van der Waals surface area contributed by atoms with Crippen molar-refractivity contribution in [1.29, 1.82) is 0 Å². The minimum absolute atomic E-state index is 0.0182. The van der Waals surface area contributed by atoms with Crippen LogP contribution in [0.4, 0.5) is 22.7 Å². The Kier molecular flexibility index (Phi) is 5.21. The summed E-state index contributed by atoms with van der Waals surface area (Å²) in [4.78, 5) is 43.1. The number of nitro groups is 4. The van der Waals surface area contributed by atoms with E-state index in [9.17, 15) is 40.5 Å². The first-order valence-corrected chi connectivity index (χ1v) is 9.43. The molecule has 0 fully saturated rings. The van der Waals surface area contributed by atoms with E-state index in [2.05, 4.69) is 0 Å². The number of hydrogen-bond acceptors (Lipinski definition) is 9. The predicted molar refractivity (Wildman–Crippen MR) is 118 cm³/mol. The number of hydrogen-bond donors (Lipinski definition) is 0. The molecule has 13 heteroatoms. The van der Waals surface area contributed by atoms with E-state index in [1.807, 2.05) is 0 Å². The molecule has 0 saturated heterocycles. The maximum Gasteiger partial charge on any atom is 0.284 e. The number of benzene rings is 3. The number of nitrogens with zero attached hydrogens (tertiary/aromatic N) is 4. The molecule has 0 amide bonds. The first-order chi connectivity index (χ1) is 16.1. The summed E-state index contributed by atoms with van der Waals surface area (Å²) in [5, 5.41) is 46.5. The van der Waals surface area contributed by atoms with Crippen molar-refractivity contribution in [3.63, 3.8) is 0 Å². The summed E-state index contributed by atoms with van der Waals surface area (Å²) in [6.45, 7) is 0. The maximum absolute atomic E-state index is 11.8. The standard InChI is InChI=1S/C21H12N4O9/c1-34-14-4-2-11(3-5-14)6-15-16-7-12(22(26)27)9-18(24(30)31)20(16)21-17(15)8-13(23(28)29)10-19(21)25(32)33/h2-10H,1H3. The summed E-state index contributed by atoms with van der Waals surface area (Å²) in [6, 6.07) is 10.0. The second-order valence-corrected chi connectivity index (χ2v) is 7.13. The van der Waals surface area contributed by atoms with Gasteiger partial charge in [-0.15, -0.1) is 0 Å². The van der Waals surface area contributed by atoms with Crippen LogP contribution in [0.3, 0.4) is 0 Å². The summed E-state index contributed by atoms with van der Waals surface area (Å²) >= 11 is 0. The minimum atomic E-state index is -0.878. The van der Waals surface area contributed by atoms with Gasteiger partial charge in [0.15, 0.2) is 0 Å². The van der Waals surface area contributed by atoms with E-state index in [0.29, 0.717) is 23.4 Å². The molecule has 13 nitrogen and oxygen atoms in total. The first-order valence-electron chi connectivity index (χ1n) is 9.43. The van der Waals surface area contributed by atoms with Crippen LogP contribution >= 0.6 is 0 Å². The molecule has 1 aliphatic carbocycles. The molecule has 3 aromatic rings. The fourth-order valence-electron chi connectivity index (χ4n) is 3.84. The highest BCUT2D eigenvalue weighted by Crippen LogP contribution is 2.54. The molecular formula is C21H12N4O9. The van der Waals surface area contributed by atoms with Crippen LogP contribution in [-0.4, -0.2) is 26.8 Å². The van der Waals surface area contributed by atoms with Crippen LogP contribution in [0.1, 0.15) is 16.7 Å². The summed E-state index contributed by atoms with van der Waals surface area (Å²) in [6.07, 6.45) is 1.49. The molecular weight excluding hydrogens is 452 g/mol. The van der Waals surface area contributed by atoms with E-state index < -0.39 is 42.4 Å². The normalized spacial score (nSPS) is 11.4. The average Bonchev–Trinajstić information content (AvgIpc) is 3.11. The van der Waals surface area contributed by atoms with Crippen molar-refractivity contribution in [2.24, 2.45) is 0 Å². The van der Waals surface area contributed by atoms with Crippen molar-refractivity contribution in [2.45, 2.75) is 0 Å². The fourth-order valence-corrected chi connectivity index (χ4v) is 3.84. The lowest BCUT2D eigenvalue weighted by atomic mass is 10.00. The molecule has 4 rings (SSSR count). The SMILES string of the molecule is COc1ccc(C=C2c3cc([N+](=O)[O-])cc([N+](=O)[O-])c3-c3c2cc([N+](=O)[O-])cc3[N+](=O)[O-])cc1. The van der Waals surface area contributed by atoms with Crippen LogP contribution in [0.15, 0.2) is 48.5 Å². The van der Waals surface area contributed by atoms with E-state index in [1.54, 1.807) is 24.3 Å². The van der Waals surface area contributed by atoms with Crippen LogP contribution in [0.5, 0.6) is 5.75 Å². The van der Waals surface area contributed by atoms with Gasteiger partial charge in [-0.05, 0) is 29.3 Å². The molecule has 0 aromatic heterocycles. The minimum Gasteiger partial charge on any atom is -0.497 e. The molecule has 0 radical (unpaired) electrons. The van der Waals surface area contributed by atoms with Gasteiger partial charge in [0, 0.05) is 23.3 Å². The van der Waals surface area contributed by atoms with E-state index in [-0.39, 0.29) is 27.8 Å². The molecule has 0 N–H and O–H groups in total. The van der Waals surface area contributed by atoms with E-state index in [1.165, 1.54) is 13.2 Å².